The molecule has 2 atom stereocenters. The smallest absolute Gasteiger partial charge is 0.323 e. The molecule has 4 N–H and O–H groups in total. The predicted molar refractivity (Wildman–Crippen MR) is 101 cm³/mol. The zero-order chi connectivity index (χ0) is 19.9. The second-order valence-corrected chi connectivity index (χ2v) is 8.22. The summed E-state index contributed by atoms with van der Waals surface area (Å²) in [5.41, 5.74) is 6.63. The molecule has 9 nitrogen and oxygen atoms in total. The predicted octanol–water partition coefficient (Wildman–Crippen LogP) is 0.214. The molecule has 2 aromatic rings. The number of nitrogens with two attached hydrogens (primary N) is 1. The van der Waals surface area contributed by atoms with E-state index in [1.165, 1.54) is 24.5 Å². The first kappa shape index (κ1) is 17.9. The molecule has 1 saturated heterocycles. The number of nitrogens with zero attached hydrogens (tertiary/aromatic N) is 2. The van der Waals surface area contributed by atoms with Gasteiger partial charge in [-0.1, -0.05) is 24.3 Å². The van der Waals surface area contributed by atoms with Gasteiger partial charge in [0.25, 0.3) is 5.91 Å². The van der Waals surface area contributed by atoms with E-state index >= 15 is 0 Å². The molecule has 0 saturated carbocycles. The highest BCUT2D eigenvalue weighted by Gasteiger charge is 2.45. The number of sulfone groups is 1. The van der Waals surface area contributed by atoms with Gasteiger partial charge in [0.2, 0.25) is 0 Å². The molecule has 3 heterocycles. The fraction of sp³-hybridized carbons (Fsp3) is 0.111. The van der Waals surface area contributed by atoms with Crippen molar-refractivity contribution in [2.45, 2.75) is 16.3 Å². The number of urea groups is 1. The van der Waals surface area contributed by atoms with Gasteiger partial charge in [0, 0.05) is 12.4 Å². The fourth-order valence-electron chi connectivity index (χ4n) is 3.29. The van der Waals surface area contributed by atoms with Gasteiger partial charge in [-0.05, 0) is 29.3 Å². The number of hydrogen-bond donors (Lipinski definition) is 3. The maximum absolute atomic E-state index is 13.4. The maximum atomic E-state index is 13.4. The van der Waals surface area contributed by atoms with Crippen LogP contribution in [-0.2, 0) is 14.6 Å². The topological polar surface area (TPSA) is 144 Å². The summed E-state index contributed by atoms with van der Waals surface area (Å²) in [7, 11) is -4.03. The lowest BCUT2D eigenvalue weighted by molar-refractivity contribution is -0.117. The molecule has 0 bridgehead atoms. The monoisotopic (exact) mass is 397 g/mol. The first-order valence-electron chi connectivity index (χ1n) is 8.28. The van der Waals surface area contributed by atoms with E-state index in [1.54, 1.807) is 30.3 Å². The van der Waals surface area contributed by atoms with Crippen LogP contribution in [0.1, 0.15) is 5.56 Å². The molecule has 1 fully saturated rings. The summed E-state index contributed by atoms with van der Waals surface area (Å²) in [6, 6.07) is 10.3. The maximum Gasteiger partial charge on any atom is 0.323 e. The standard InChI is InChI=1S/C18H15N5O4S/c19-15-14(28(26,27)11-6-2-1-3-7-11)12(10-5-4-8-20-9-10)13-16(21-15)22-18(25)23-17(13)24/h1-9,14,16H,(H2,19,21)(H2,22,23,24,25). The number of amidine groups is 1. The number of nitrogens with one attached hydrogen (secondary N) is 2. The minimum absolute atomic E-state index is 0.0197. The number of aromatic nitrogens is 1. The zero-order valence-electron chi connectivity index (χ0n) is 14.4. The van der Waals surface area contributed by atoms with Crippen LogP contribution in [0, 0.1) is 0 Å². The number of amides is 3. The number of dihydropyridines is 1. The second-order valence-electron chi connectivity index (χ2n) is 6.19. The van der Waals surface area contributed by atoms with Gasteiger partial charge in [-0.25, -0.2) is 18.2 Å². The van der Waals surface area contributed by atoms with Crippen LogP contribution < -0.4 is 16.4 Å². The third-order valence-electron chi connectivity index (χ3n) is 4.47. The number of pyridine rings is 1. The number of aliphatic imine (C=N–C) groups is 1. The van der Waals surface area contributed by atoms with Gasteiger partial charge in [-0.2, -0.15) is 0 Å². The van der Waals surface area contributed by atoms with Gasteiger partial charge in [0.05, 0.1) is 10.5 Å². The largest absolute Gasteiger partial charge is 0.386 e. The Morgan fingerprint density at radius 2 is 1.75 bits per heavy atom. The Morgan fingerprint density at radius 3 is 2.43 bits per heavy atom. The summed E-state index contributed by atoms with van der Waals surface area (Å²) in [6.45, 7) is 0. The normalized spacial score (nSPS) is 22.1. The van der Waals surface area contributed by atoms with Gasteiger partial charge >= 0.3 is 6.03 Å². The molecule has 0 spiro atoms. The van der Waals surface area contributed by atoms with Crippen molar-refractivity contribution in [3.8, 4) is 0 Å². The van der Waals surface area contributed by atoms with Crippen molar-refractivity contribution in [3.05, 3.63) is 66.0 Å². The number of fused-ring (bicyclic) bond motifs is 1. The van der Waals surface area contributed by atoms with Crippen molar-refractivity contribution in [1.82, 2.24) is 15.6 Å². The van der Waals surface area contributed by atoms with Crippen molar-refractivity contribution >= 4 is 33.2 Å². The average Bonchev–Trinajstić information content (AvgIpc) is 2.67. The lowest BCUT2D eigenvalue weighted by atomic mass is 9.92. The molecular formula is C18H15N5O4S. The first-order chi connectivity index (χ1) is 13.4. The Bertz CT molecular complexity index is 1130. The number of benzene rings is 1. The van der Waals surface area contributed by atoms with E-state index in [9.17, 15) is 18.0 Å². The van der Waals surface area contributed by atoms with Crippen LogP contribution in [-0.4, -0.2) is 42.6 Å². The zero-order valence-corrected chi connectivity index (χ0v) is 15.2. The van der Waals surface area contributed by atoms with Gasteiger partial charge in [0.15, 0.2) is 16.0 Å². The SMILES string of the molecule is NC1=NC2NC(=O)NC(=O)C2=C(c2cccnc2)C1S(=O)(=O)c1ccccc1. The van der Waals surface area contributed by atoms with Gasteiger partial charge in [-0.3, -0.25) is 15.1 Å². The third kappa shape index (κ3) is 2.83. The van der Waals surface area contributed by atoms with Crippen LogP contribution in [0.5, 0.6) is 0 Å². The molecule has 1 aromatic carbocycles. The quantitative estimate of drug-likeness (QED) is 0.676. The molecule has 1 aromatic heterocycles. The molecule has 4 rings (SSSR count). The van der Waals surface area contributed by atoms with Crippen LogP contribution in [0.25, 0.3) is 5.57 Å². The van der Waals surface area contributed by atoms with Crippen molar-refractivity contribution in [2.75, 3.05) is 0 Å². The molecule has 0 radical (unpaired) electrons. The van der Waals surface area contributed by atoms with E-state index in [-0.39, 0.29) is 21.9 Å². The van der Waals surface area contributed by atoms with Crippen molar-refractivity contribution < 1.29 is 18.0 Å². The highest BCUT2D eigenvalue weighted by molar-refractivity contribution is 7.93. The molecule has 2 aliphatic rings. The Kier molecular flexibility index (Phi) is 4.19. The summed E-state index contributed by atoms with van der Waals surface area (Å²) < 4.78 is 26.8. The van der Waals surface area contributed by atoms with E-state index in [4.69, 9.17) is 5.73 Å². The molecule has 2 unspecified atom stereocenters. The summed E-state index contributed by atoms with van der Waals surface area (Å²) >= 11 is 0. The molecule has 142 valence electrons. The summed E-state index contributed by atoms with van der Waals surface area (Å²) in [5, 5.41) is 3.21. The van der Waals surface area contributed by atoms with E-state index in [0.29, 0.717) is 5.56 Å². The van der Waals surface area contributed by atoms with Crippen molar-refractivity contribution in [1.29, 1.82) is 0 Å². The van der Waals surface area contributed by atoms with E-state index in [0.717, 1.165) is 0 Å². The Balaban J connectivity index is 1.98. The molecule has 28 heavy (non-hydrogen) atoms. The van der Waals surface area contributed by atoms with E-state index in [2.05, 4.69) is 20.6 Å². The minimum atomic E-state index is -4.03. The Morgan fingerprint density at radius 1 is 1.00 bits per heavy atom. The summed E-state index contributed by atoms with van der Waals surface area (Å²) in [4.78, 5) is 32.4. The van der Waals surface area contributed by atoms with Gasteiger partial charge < -0.3 is 11.1 Å². The molecule has 0 aliphatic carbocycles. The lowest BCUT2D eigenvalue weighted by Crippen LogP contribution is -2.57. The second kappa shape index (κ2) is 6.57. The van der Waals surface area contributed by atoms with Crippen molar-refractivity contribution in [3.63, 3.8) is 0 Å². The van der Waals surface area contributed by atoms with Crippen molar-refractivity contribution in [2.24, 2.45) is 10.7 Å². The summed E-state index contributed by atoms with van der Waals surface area (Å²) in [5.74, 6) is -0.941. The van der Waals surface area contributed by atoms with Gasteiger partial charge in [-0.15, -0.1) is 0 Å². The number of carbonyl (C=O) groups excluding carboxylic acids is 2. The van der Waals surface area contributed by atoms with Crippen LogP contribution in [0.4, 0.5) is 4.79 Å². The number of carbonyl (C=O) groups is 2. The highest BCUT2D eigenvalue weighted by Crippen LogP contribution is 2.36. The summed E-state index contributed by atoms with van der Waals surface area (Å²) in [6.07, 6.45) is 1.89. The highest BCUT2D eigenvalue weighted by atomic mass is 32.2. The number of rotatable bonds is 3. The molecule has 2 aliphatic heterocycles. The third-order valence-corrected chi connectivity index (χ3v) is 6.49. The van der Waals surface area contributed by atoms with E-state index in [1.807, 2.05) is 0 Å². The van der Waals surface area contributed by atoms with Crippen LogP contribution in [0.3, 0.4) is 0 Å². The molecule has 3 amide bonds. The first-order valence-corrected chi connectivity index (χ1v) is 9.82. The van der Waals surface area contributed by atoms with Crippen LogP contribution >= 0.6 is 0 Å². The minimum Gasteiger partial charge on any atom is -0.386 e. The number of imide groups is 1. The molecule has 10 heteroatoms. The average molecular weight is 397 g/mol. The van der Waals surface area contributed by atoms with Crippen LogP contribution in [0.2, 0.25) is 0 Å². The van der Waals surface area contributed by atoms with E-state index < -0.39 is 33.2 Å². The van der Waals surface area contributed by atoms with Crippen LogP contribution in [0.15, 0.2) is 70.3 Å². The van der Waals surface area contributed by atoms with Gasteiger partial charge in [0.1, 0.15) is 11.1 Å². The molecular weight excluding hydrogens is 382 g/mol. The lowest BCUT2D eigenvalue weighted by Gasteiger charge is -2.33. The Labute approximate surface area is 160 Å². The fourth-order valence-corrected chi connectivity index (χ4v) is 5.05. The number of hydrogen-bond acceptors (Lipinski definition) is 7. The Hall–Kier alpha value is -3.53.